The van der Waals surface area contributed by atoms with Gasteiger partial charge in [0.1, 0.15) is 6.04 Å². The van der Waals surface area contributed by atoms with Crippen molar-refractivity contribution in [2.24, 2.45) is 11.3 Å². The van der Waals surface area contributed by atoms with Crippen LogP contribution in [0.5, 0.6) is 0 Å². The molecule has 1 saturated heterocycles. The van der Waals surface area contributed by atoms with Crippen LogP contribution in [0.2, 0.25) is 0 Å². The second kappa shape index (κ2) is 6.69. The summed E-state index contributed by atoms with van der Waals surface area (Å²) in [5.74, 6) is -2.16. The largest absolute Gasteiger partial charge is 0.480 e. The summed E-state index contributed by atoms with van der Waals surface area (Å²) in [4.78, 5) is 34.8. The maximum atomic E-state index is 12.4. The van der Waals surface area contributed by atoms with Crippen molar-refractivity contribution in [2.75, 3.05) is 20.2 Å². The Kier molecular flexibility index (Phi) is 5.50. The maximum absolute atomic E-state index is 12.4. The molecule has 1 aliphatic rings. The zero-order chi connectivity index (χ0) is 15.3. The first kappa shape index (κ1) is 16.4. The fourth-order valence-electron chi connectivity index (χ4n) is 2.41. The quantitative estimate of drug-likeness (QED) is 0.582. The molecule has 1 heterocycles. The number of nitrogens with one attached hydrogen (secondary N) is 2. The molecular formula is C13H22N2O5. The van der Waals surface area contributed by atoms with Crippen molar-refractivity contribution in [2.45, 2.75) is 32.7 Å². The van der Waals surface area contributed by atoms with Gasteiger partial charge in [-0.05, 0) is 18.9 Å². The van der Waals surface area contributed by atoms with Gasteiger partial charge in [0.15, 0.2) is 0 Å². The molecule has 20 heavy (non-hydrogen) atoms. The first-order valence-electron chi connectivity index (χ1n) is 6.65. The van der Waals surface area contributed by atoms with Crippen LogP contribution < -0.4 is 10.6 Å². The van der Waals surface area contributed by atoms with Gasteiger partial charge in [0, 0.05) is 6.54 Å². The van der Waals surface area contributed by atoms with Crippen LogP contribution in [0.25, 0.3) is 0 Å². The van der Waals surface area contributed by atoms with Crippen molar-refractivity contribution in [1.29, 1.82) is 0 Å². The summed E-state index contributed by atoms with van der Waals surface area (Å²) < 4.78 is 4.44. The van der Waals surface area contributed by atoms with Crippen molar-refractivity contribution in [3.8, 4) is 0 Å². The van der Waals surface area contributed by atoms with E-state index in [4.69, 9.17) is 5.11 Å². The molecule has 0 aromatic carbocycles. The average molecular weight is 286 g/mol. The highest BCUT2D eigenvalue weighted by Gasteiger charge is 2.45. The van der Waals surface area contributed by atoms with Gasteiger partial charge in [0.2, 0.25) is 5.91 Å². The number of aliphatic carboxylic acids is 1. The summed E-state index contributed by atoms with van der Waals surface area (Å²) in [6.07, 6.45) is 0.278. The van der Waals surface area contributed by atoms with Gasteiger partial charge < -0.3 is 20.5 Å². The lowest BCUT2D eigenvalue weighted by atomic mass is 9.75. The van der Waals surface area contributed by atoms with Crippen molar-refractivity contribution in [3.05, 3.63) is 0 Å². The van der Waals surface area contributed by atoms with Crippen molar-refractivity contribution in [1.82, 2.24) is 10.6 Å². The Bertz CT molecular complexity index is 388. The van der Waals surface area contributed by atoms with Crippen LogP contribution in [0, 0.1) is 11.3 Å². The fourth-order valence-corrected chi connectivity index (χ4v) is 2.41. The molecular weight excluding hydrogens is 264 g/mol. The number of carbonyl (C=O) groups excluding carboxylic acids is 2. The Morgan fingerprint density at radius 1 is 1.40 bits per heavy atom. The zero-order valence-electron chi connectivity index (χ0n) is 12.1. The summed E-state index contributed by atoms with van der Waals surface area (Å²) in [6, 6.07) is -1.26. The summed E-state index contributed by atoms with van der Waals surface area (Å²) in [5, 5.41) is 14.7. The lowest BCUT2D eigenvalue weighted by Gasteiger charge is -2.32. The van der Waals surface area contributed by atoms with E-state index < -0.39 is 23.4 Å². The van der Waals surface area contributed by atoms with Gasteiger partial charge in [-0.1, -0.05) is 13.8 Å². The molecule has 114 valence electrons. The number of amides is 1. The lowest BCUT2D eigenvalue weighted by Crippen LogP contribution is -2.52. The third-order valence-corrected chi connectivity index (χ3v) is 3.95. The zero-order valence-corrected chi connectivity index (χ0v) is 12.1. The molecule has 0 aromatic heterocycles. The summed E-state index contributed by atoms with van der Waals surface area (Å²) in [7, 11) is 1.18. The first-order chi connectivity index (χ1) is 9.33. The Balaban J connectivity index is 2.79. The number of rotatable bonds is 6. The van der Waals surface area contributed by atoms with E-state index in [0.29, 0.717) is 13.0 Å². The van der Waals surface area contributed by atoms with Gasteiger partial charge in [-0.15, -0.1) is 0 Å². The molecule has 0 spiro atoms. The predicted octanol–water partition coefficient (Wildman–Crippen LogP) is -0.245. The van der Waals surface area contributed by atoms with Gasteiger partial charge >= 0.3 is 11.9 Å². The van der Waals surface area contributed by atoms with E-state index in [2.05, 4.69) is 15.4 Å². The number of carbonyl (C=O) groups is 3. The van der Waals surface area contributed by atoms with E-state index in [1.807, 2.05) is 13.8 Å². The number of hydrogen-bond donors (Lipinski definition) is 3. The number of carboxylic acid groups (broad SMARTS) is 1. The minimum atomic E-state index is -1.26. The summed E-state index contributed by atoms with van der Waals surface area (Å²) in [6.45, 7) is 5.10. The number of hydrogen-bond acceptors (Lipinski definition) is 5. The molecule has 0 bridgehead atoms. The highest BCUT2D eigenvalue weighted by Crippen LogP contribution is 2.34. The van der Waals surface area contributed by atoms with Crippen LogP contribution in [0.1, 0.15) is 26.7 Å². The van der Waals surface area contributed by atoms with Gasteiger partial charge in [-0.2, -0.15) is 0 Å². The molecule has 2 atom stereocenters. The number of esters is 1. The first-order valence-corrected chi connectivity index (χ1v) is 6.65. The van der Waals surface area contributed by atoms with Crippen molar-refractivity contribution in [3.63, 3.8) is 0 Å². The van der Waals surface area contributed by atoms with E-state index in [9.17, 15) is 14.4 Å². The molecule has 7 nitrogen and oxygen atoms in total. The molecule has 7 heteroatoms. The number of methoxy groups -OCH3 is 1. The van der Waals surface area contributed by atoms with E-state index in [1.165, 1.54) is 7.11 Å². The third-order valence-electron chi connectivity index (χ3n) is 3.95. The number of ether oxygens (including phenoxy) is 1. The van der Waals surface area contributed by atoms with Crippen LogP contribution in [-0.4, -0.2) is 49.2 Å². The normalized spacial score (nSPS) is 23.4. The predicted molar refractivity (Wildman–Crippen MR) is 71.0 cm³/mol. The summed E-state index contributed by atoms with van der Waals surface area (Å²) >= 11 is 0. The topological polar surface area (TPSA) is 105 Å². The number of carboxylic acids is 1. The van der Waals surface area contributed by atoms with Crippen LogP contribution in [0.4, 0.5) is 0 Å². The smallest absolute Gasteiger partial charge is 0.326 e. The van der Waals surface area contributed by atoms with Gasteiger partial charge in [-0.3, -0.25) is 9.59 Å². The van der Waals surface area contributed by atoms with E-state index in [-0.39, 0.29) is 18.2 Å². The molecule has 3 N–H and O–H groups in total. The molecule has 0 aliphatic carbocycles. The molecule has 1 amide bonds. The minimum Gasteiger partial charge on any atom is -0.480 e. The second-order valence-electron chi connectivity index (χ2n) is 5.38. The van der Waals surface area contributed by atoms with E-state index in [0.717, 1.165) is 6.54 Å². The standard InChI is InChI=1S/C13H22N2O5/c1-8(2)13(4-5-14-7-13)12(19)15-9(11(17)18)6-10(16)20-3/h8-9,14H,4-7H2,1-3H3,(H,15,19)(H,17,18)/t9-,13?/m0/s1. The van der Waals surface area contributed by atoms with Crippen LogP contribution in [-0.2, 0) is 19.1 Å². The monoisotopic (exact) mass is 286 g/mol. The Hall–Kier alpha value is -1.63. The molecule has 1 unspecified atom stereocenters. The van der Waals surface area contributed by atoms with Gasteiger partial charge in [0.05, 0.1) is 18.9 Å². The molecule has 0 radical (unpaired) electrons. The van der Waals surface area contributed by atoms with Crippen LogP contribution >= 0.6 is 0 Å². The minimum absolute atomic E-state index is 0.0741. The Morgan fingerprint density at radius 2 is 2.05 bits per heavy atom. The summed E-state index contributed by atoms with van der Waals surface area (Å²) in [5.41, 5.74) is -0.621. The molecule has 1 rings (SSSR count). The Labute approximate surface area is 118 Å². The Morgan fingerprint density at radius 3 is 2.45 bits per heavy atom. The highest BCUT2D eigenvalue weighted by atomic mass is 16.5. The third kappa shape index (κ3) is 3.47. The SMILES string of the molecule is COC(=O)C[C@H](NC(=O)C1(C(C)C)CCNC1)C(=O)O. The highest BCUT2D eigenvalue weighted by molar-refractivity contribution is 5.90. The van der Waals surface area contributed by atoms with E-state index in [1.54, 1.807) is 0 Å². The molecule has 0 aromatic rings. The fraction of sp³-hybridized carbons (Fsp3) is 0.769. The van der Waals surface area contributed by atoms with Gasteiger partial charge in [-0.25, -0.2) is 4.79 Å². The van der Waals surface area contributed by atoms with Crippen LogP contribution in [0.3, 0.4) is 0 Å². The maximum Gasteiger partial charge on any atom is 0.326 e. The second-order valence-corrected chi connectivity index (χ2v) is 5.38. The van der Waals surface area contributed by atoms with Crippen molar-refractivity contribution >= 4 is 17.8 Å². The molecule has 0 saturated carbocycles. The van der Waals surface area contributed by atoms with Gasteiger partial charge in [0.25, 0.3) is 0 Å². The van der Waals surface area contributed by atoms with Crippen LogP contribution in [0.15, 0.2) is 0 Å². The lowest BCUT2D eigenvalue weighted by molar-refractivity contribution is -0.150. The average Bonchev–Trinajstić information content (AvgIpc) is 2.88. The van der Waals surface area contributed by atoms with Crippen molar-refractivity contribution < 1.29 is 24.2 Å². The van der Waals surface area contributed by atoms with E-state index >= 15 is 0 Å². The molecule has 1 aliphatic heterocycles. The molecule has 1 fully saturated rings.